The number of anilines is 1. The van der Waals surface area contributed by atoms with Crippen LogP contribution in [-0.4, -0.2) is 30.4 Å². The van der Waals surface area contributed by atoms with Crippen LogP contribution in [0.3, 0.4) is 0 Å². The summed E-state index contributed by atoms with van der Waals surface area (Å²) in [7, 11) is 0. The molecule has 0 saturated heterocycles. The van der Waals surface area contributed by atoms with Gasteiger partial charge in [-0.05, 0) is 31.9 Å². The number of rotatable bonds is 7. The van der Waals surface area contributed by atoms with E-state index >= 15 is 0 Å². The highest BCUT2D eigenvalue weighted by atomic mass is 16.6. The second-order valence-corrected chi connectivity index (χ2v) is 5.01. The number of carbonyl (C=O) groups is 2. The van der Waals surface area contributed by atoms with Gasteiger partial charge in [-0.2, -0.15) is 5.01 Å². The quantitative estimate of drug-likeness (QED) is 0.613. The molecule has 0 radical (unpaired) electrons. The second kappa shape index (κ2) is 10.4. The van der Waals surface area contributed by atoms with Crippen molar-refractivity contribution >= 4 is 17.9 Å². The van der Waals surface area contributed by atoms with E-state index in [4.69, 9.17) is 9.47 Å². The van der Waals surface area contributed by atoms with Crippen molar-refractivity contribution in [2.75, 3.05) is 18.2 Å². The van der Waals surface area contributed by atoms with Gasteiger partial charge >= 0.3 is 12.2 Å². The fourth-order valence-corrected chi connectivity index (χ4v) is 1.72. The SMILES string of the molecule is CCCCOC(=O)NN(C(=O)OCCCC)c1cccnc1C. The molecule has 2 amide bonds. The molecule has 0 bridgehead atoms. The van der Waals surface area contributed by atoms with E-state index in [0.29, 0.717) is 18.0 Å². The number of pyridine rings is 1. The van der Waals surface area contributed by atoms with Gasteiger partial charge in [0.05, 0.1) is 24.6 Å². The van der Waals surface area contributed by atoms with Gasteiger partial charge in [-0.15, -0.1) is 0 Å². The summed E-state index contributed by atoms with van der Waals surface area (Å²) in [6.45, 7) is 6.33. The molecule has 0 aliphatic carbocycles. The highest BCUT2D eigenvalue weighted by Crippen LogP contribution is 2.16. The Morgan fingerprint density at radius 1 is 1.17 bits per heavy atom. The molecule has 0 aromatic carbocycles. The number of amides is 2. The highest BCUT2D eigenvalue weighted by molar-refractivity contribution is 5.91. The first-order chi connectivity index (χ1) is 11.1. The summed E-state index contributed by atoms with van der Waals surface area (Å²) >= 11 is 0. The van der Waals surface area contributed by atoms with Crippen molar-refractivity contribution in [1.82, 2.24) is 10.4 Å². The van der Waals surface area contributed by atoms with Crippen molar-refractivity contribution in [1.29, 1.82) is 0 Å². The molecule has 23 heavy (non-hydrogen) atoms. The third-order valence-corrected chi connectivity index (χ3v) is 3.06. The van der Waals surface area contributed by atoms with Crippen molar-refractivity contribution in [3.05, 3.63) is 24.0 Å². The lowest BCUT2D eigenvalue weighted by Gasteiger charge is -2.23. The van der Waals surface area contributed by atoms with Gasteiger partial charge in [-0.3, -0.25) is 4.98 Å². The van der Waals surface area contributed by atoms with E-state index in [2.05, 4.69) is 10.4 Å². The third kappa shape index (κ3) is 6.54. The zero-order chi connectivity index (χ0) is 17.1. The fourth-order valence-electron chi connectivity index (χ4n) is 1.72. The van der Waals surface area contributed by atoms with Gasteiger partial charge in [-0.25, -0.2) is 15.0 Å². The molecular weight excluding hydrogens is 298 g/mol. The summed E-state index contributed by atoms with van der Waals surface area (Å²) < 4.78 is 10.2. The van der Waals surface area contributed by atoms with Gasteiger partial charge in [0.15, 0.2) is 0 Å². The lowest BCUT2D eigenvalue weighted by atomic mass is 10.3. The average Bonchev–Trinajstić information content (AvgIpc) is 2.54. The van der Waals surface area contributed by atoms with Gasteiger partial charge in [0.1, 0.15) is 0 Å². The first kappa shape index (κ1) is 18.7. The van der Waals surface area contributed by atoms with E-state index in [1.807, 2.05) is 13.8 Å². The maximum atomic E-state index is 12.2. The molecule has 7 nitrogen and oxygen atoms in total. The standard InChI is InChI=1S/C16H25N3O4/c1-4-6-11-22-15(20)18-19(16(21)23-12-7-5-2)14-9-8-10-17-13(14)3/h8-10H,4-7,11-12H2,1-3H3,(H,18,20). The van der Waals surface area contributed by atoms with Crippen LogP contribution in [0.4, 0.5) is 15.3 Å². The van der Waals surface area contributed by atoms with Crippen LogP contribution in [0.25, 0.3) is 0 Å². The number of hydrazine groups is 1. The van der Waals surface area contributed by atoms with E-state index in [1.165, 1.54) is 0 Å². The Kier molecular flexibility index (Phi) is 8.49. The molecule has 128 valence electrons. The van der Waals surface area contributed by atoms with E-state index in [1.54, 1.807) is 25.3 Å². The molecule has 0 aliphatic rings. The van der Waals surface area contributed by atoms with Gasteiger partial charge in [0.2, 0.25) is 0 Å². The first-order valence-corrected chi connectivity index (χ1v) is 7.92. The summed E-state index contributed by atoms with van der Waals surface area (Å²) in [6.07, 6.45) is 3.59. The number of carbonyl (C=O) groups excluding carboxylic acids is 2. The smallest absolute Gasteiger partial charge is 0.433 e. The zero-order valence-electron chi connectivity index (χ0n) is 14.0. The Morgan fingerprint density at radius 2 is 1.83 bits per heavy atom. The van der Waals surface area contributed by atoms with Crippen molar-refractivity contribution in [3.63, 3.8) is 0 Å². The van der Waals surface area contributed by atoms with Crippen LogP contribution in [0.5, 0.6) is 0 Å². The summed E-state index contributed by atoms with van der Waals surface area (Å²) in [5, 5.41) is 1.03. The molecule has 1 rings (SSSR count). The van der Waals surface area contributed by atoms with Gasteiger partial charge < -0.3 is 9.47 Å². The third-order valence-electron chi connectivity index (χ3n) is 3.06. The second-order valence-electron chi connectivity index (χ2n) is 5.01. The van der Waals surface area contributed by atoms with Crippen molar-refractivity contribution in [2.45, 2.75) is 46.5 Å². The lowest BCUT2D eigenvalue weighted by Crippen LogP contribution is -2.47. The van der Waals surface area contributed by atoms with E-state index in [-0.39, 0.29) is 6.61 Å². The minimum Gasteiger partial charge on any atom is -0.448 e. The van der Waals surface area contributed by atoms with Crippen LogP contribution >= 0.6 is 0 Å². The molecular formula is C16H25N3O4. The summed E-state index contributed by atoms with van der Waals surface area (Å²) in [4.78, 5) is 28.2. The maximum Gasteiger partial charge on any atom is 0.433 e. The number of nitrogens with zero attached hydrogens (tertiary/aromatic N) is 2. The minimum atomic E-state index is -0.700. The van der Waals surface area contributed by atoms with Crippen molar-refractivity contribution in [3.8, 4) is 0 Å². The predicted molar refractivity (Wildman–Crippen MR) is 87.1 cm³/mol. The Balaban J connectivity index is 2.78. The van der Waals surface area contributed by atoms with Crippen LogP contribution < -0.4 is 10.4 Å². The Bertz CT molecular complexity index is 508. The van der Waals surface area contributed by atoms with Gasteiger partial charge in [0.25, 0.3) is 0 Å². The molecule has 0 aliphatic heterocycles. The summed E-state index contributed by atoms with van der Waals surface area (Å²) in [6, 6.07) is 3.36. The Morgan fingerprint density at radius 3 is 2.43 bits per heavy atom. The van der Waals surface area contributed by atoms with E-state index in [0.717, 1.165) is 30.7 Å². The molecule has 0 spiro atoms. The average molecular weight is 323 g/mol. The number of hydrogen-bond donors (Lipinski definition) is 1. The highest BCUT2D eigenvalue weighted by Gasteiger charge is 2.22. The molecule has 0 fully saturated rings. The predicted octanol–water partition coefficient (Wildman–Crippen LogP) is 3.57. The molecule has 0 atom stereocenters. The molecule has 7 heteroatoms. The topological polar surface area (TPSA) is 80.8 Å². The zero-order valence-corrected chi connectivity index (χ0v) is 14.0. The number of hydrogen-bond acceptors (Lipinski definition) is 5. The van der Waals surface area contributed by atoms with Crippen molar-refractivity contribution in [2.24, 2.45) is 0 Å². The first-order valence-electron chi connectivity index (χ1n) is 7.92. The number of aryl methyl sites for hydroxylation is 1. The number of ether oxygens (including phenoxy) is 2. The molecule has 1 aromatic heterocycles. The normalized spacial score (nSPS) is 10.0. The van der Waals surface area contributed by atoms with Gasteiger partial charge in [-0.1, -0.05) is 26.7 Å². The molecule has 1 aromatic rings. The number of nitrogens with one attached hydrogen (secondary N) is 1. The summed E-state index contributed by atoms with van der Waals surface area (Å²) in [5.41, 5.74) is 3.45. The van der Waals surface area contributed by atoms with Crippen LogP contribution in [0, 0.1) is 6.92 Å². The number of unbranched alkanes of at least 4 members (excludes halogenated alkanes) is 2. The van der Waals surface area contributed by atoms with E-state index < -0.39 is 12.2 Å². The molecule has 1 heterocycles. The largest absolute Gasteiger partial charge is 0.448 e. The Hall–Kier alpha value is -2.31. The fraction of sp³-hybridized carbons (Fsp3) is 0.562. The molecule has 1 N–H and O–H groups in total. The van der Waals surface area contributed by atoms with Crippen LogP contribution in [0.1, 0.15) is 45.2 Å². The van der Waals surface area contributed by atoms with Crippen molar-refractivity contribution < 1.29 is 19.1 Å². The monoisotopic (exact) mass is 323 g/mol. The molecule has 0 saturated carbocycles. The number of aromatic nitrogens is 1. The Labute approximate surface area is 136 Å². The maximum absolute atomic E-state index is 12.2. The minimum absolute atomic E-state index is 0.289. The van der Waals surface area contributed by atoms with E-state index in [9.17, 15) is 9.59 Å². The summed E-state index contributed by atoms with van der Waals surface area (Å²) in [5.74, 6) is 0. The molecule has 0 unspecified atom stereocenters. The van der Waals surface area contributed by atoms with Crippen LogP contribution in [0.15, 0.2) is 18.3 Å². The van der Waals surface area contributed by atoms with Crippen LogP contribution in [-0.2, 0) is 9.47 Å². The van der Waals surface area contributed by atoms with Crippen LogP contribution in [0.2, 0.25) is 0 Å². The lowest BCUT2D eigenvalue weighted by molar-refractivity contribution is 0.131. The van der Waals surface area contributed by atoms with Gasteiger partial charge in [0, 0.05) is 6.20 Å².